The van der Waals surface area contributed by atoms with Crippen molar-refractivity contribution in [1.82, 2.24) is 62.1 Å². The fourth-order valence-corrected chi connectivity index (χ4v) is 17.2. The molecule has 0 saturated carbocycles. The number of alkyl carbamates (subject to hydrolysis) is 3. The average molecular weight is 2210 g/mol. The van der Waals surface area contributed by atoms with Crippen LogP contribution < -0.4 is 54.0 Å². The maximum absolute atomic E-state index is 13.4. The summed E-state index contributed by atoms with van der Waals surface area (Å²) in [4.78, 5) is 150. The summed E-state index contributed by atoms with van der Waals surface area (Å²) in [5.74, 6) is 1.70. The van der Waals surface area contributed by atoms with Gasteiger partial charge in [0.25, 0.3) is 23.6 Å². The number of thiocarbonyl (C=S) groups is 5. The number of rotatable bonds is 39. The van der Waals surface area contributed by atoms with Gasteiger partial charge in [0, 0.05) is 130 Å². The van der Waals surface area contributed by atoms with E-state index in [0.29, 0.717) is 163 Å². The van der Waals surface area contributed by atoms with Gasteiger partial charge < -0.3 is 102 Å². The largest absolute Gasteiger partial charge is 0.480 e. The number of hydrogen-bond donors (Lipinski definition) is 11. The zero-order valence-electron chi connectivity index (χ0n) is 85.0. The molecule has 3 aromatic rings. The van der Waals surface area contributed by atoms with Gasteiger partial charge in [0.1, 0.15) is 62.6 Å². The van der Waals surface area contributed by atoms with Gasteiger partial charge in [0.05, 0.1) is 65.5 Å². The Morgan fingerprint density at radius 3 is 1.02 bits per heavy atom. The molecule has 13 N–H and O–H groups in total. The predicted octanol–water partition coefficient (Wildman–Crippen LogP) is 12.1. The molecule has 0 spiro atoms. The van der Waals surface area contributed by atoms with E-state index in [1.807, 2.05) is 71.9 Å². The number of nitrogens with two attached hydrogens (primary N) is 2. The van der Waals surface area contributed by atoms with Crippen molar-refractivity contribution >= 4 is 238 Å². The van der Waals surface area contributed by atoms with Crippen molar-refractivity contribution in [2.24, 2.45) is 11.5 Å². The van der Waals surface area contributed by atoms with Crippen LogP contribution in [0.2, 0.25) is 0 Å². The van der Waals surface area contributed by atoms with E-state index in [4.69, 9.17) is 115 Å². The minimum atomic E-state index is -1.09. The minimum Gasteiger partial charge on any atom is -0.480 e. The summed E-state index contributed by atoms with van der Waals surface area (Å²) in [6.07, 6.45) is 1.37. The Kier molecular flexibility index (Phi) is 72.1. The number of aliphatic carboxylic acids is 1. The Bertz CT molecular complexity index is 4380. The minimum absolute atomic E-state index is 0. The molecule has 141 heavy (non-hydrogen) atoms. The predicted molar refractivity (Wildman–Crippen MR) is 589 cm³/mol. The lowest BCUT2D eigenvalue weighted by molar-refractivity contribution is -0.139. The Morgan fingerprint density at radius 1 is 0.411 bits per heavy atom. The Hall–Kier alpha value is -7.04. The number of carbonyl (C=O) groups is 12. The van der Waals surface area contributed by atoms with Gasteiger partial charge in [0.2, 0.25) is 23.6 Å². The van der Waals surface area contributed by atoms with Crippen LogP contribution in [0.4, 0.5) is 14.4 Å². The zero-order chi connectivity index (χ0) is 105. The number of ether oxygens (including phenoxy) is 9. The molecule has 11 amide bonds. The molecule has 5 aliphatic heterocycles. The highest BCUT2D eigenvalue weighted by atomic mass is 35.5. The van der Waals surface area contributed by atoms with Crippen LogP contribution in [0.25, 0.3) is 0 Å². The van der Waals surface area contributed by atoms with E-state index in [2.05, 4.69) is 55.2 Å². The highest BCUT2D eigenvalue weighted by Crippen LogP contribution is 2.29. The zero-order valence-corrected chi connectivity index (χ0v) is 94.7. The van der Waals surface area contributed by atoms with E-state index in [1.54, 1.807) is 134 Å². The summed E-state index contributed by atoms with van der Waals surface area (Å²) in [7, 11) is 1.50. The summed E-state index contributed by atoms with van der Waals surface area (Å²) in [6.45, 7) is 46.8. The SMILES string of the molecule is CCCOCCOCCNC(=O)[C@@H](C)N.CCCOCCOCCNC(=O)[C@@H](C)NC(=O)OC(C)(C)C.CCCOCCOCCNC(=O)[C@H](Cc1ccccc1)NC(=O)c1ccc(C(=O)N2CCSC2=S)c(C)c1C.CN.C[C@@H](NC(=O)OC(C)(C)C)C(=O)N1CCSC1=S.C[C@@H](NC(=O)OC(C)(C)C)C(=O)O.Cc1c(C(=O)N2CCSC2=S)ccc(C(=O)N2CCSC2=S)c1C.Cl.Cl.S=C1NCCS1. The van der Waals surface area contributed by atoms with Gasteiger partial charge in [-0.05, 0) is 196 Å². The van der Waals surface area contributed by atoms with Crippen molar-refractivity contribution in [3.8, 4) is 0 Å². The number of thioether (sulfide) groups is 5. The first kappa shape index (κ1) is 136. The molecule has 0 radical (unpaired) electrons. The van der Waals surface area contributed by atoms with Crippen LogP contribution in [0.1, 0.15) is 199 Å². The number of amides is 11. The number of carboxylic acid groups (broad SMARTS) is 1. The van der Waals surface area contributed by atoms with Gasteiger partial charge >= 0.3 is 24.2 Å². The molecular formula is C93H150Cl2N14O22S10. The summed E-state index contributed by atoms with van der Waals surface area (Å²) in [6, 6.07) is 12.8. The number of halogens is 2. The van der Waals surface area contributed by atoms with Crippen LogP contribution in [0.15, 0.2) is 54.6 Å². The molecule has 0 aromatic heterocycles. The van der Waals surface area contributed by atoms with Crippen molar-refractivity contribution in [3.63, 3.8) is 0 Å². The first-order valence-corrected chi connectivity index (χ1v) is 52.7. The van der Waals surface area contributed by atoms with E-state index in [-0.39, 0.29) is 72.1 Å². The summed E-state index contributed by atoms with van der Waals surface area (Å²) >= 11 is 33.3. The van der Waals surface area contributed by atoms with Crippen LogP contribution in [0.3, 0.4) is 0 Å². The third-order valence-corrected chi connectivity index (χ3v) is 25.6. The molecule has 798 valence electrons. The van der Waals surface area contributed by atoms with Gasteiger partial charge in [-0.3, -0.25) is 62.8 Å². The van der Waals surface area contributed by atoms with Crippen LogP contribution in [0.5, 0.6) is 0 Å². The van der Waals surface area contributed by atoms with Crippen molar-refractivity contribution < 1.29 is 105 Å². The van der Waals surface area contributed by atoms with E-state index in [1.165, 1.54) is 65.9 Å². The summed E-state index contributed by atoms with van der Waals surface area (Å²) in [5, 5.41) is 29.7. The normalized spacial score (nSPS) is 14.5. The third-order valence-electron chi connectivity index (χ3n) is 18.6. The molecule has 48 heteroatoms. The fraction of sp³-hybridized carbons (Fsp3) is 0.624. The van der Waals surface area contributed by atoms with Crippen LogP contribution in [0, 0.1) is 27.7 Å². The molecule has 0 unspecified atom stereocenters. The molecule has 5 saturated heterocycles. The molecule has 5 atom stereocenters. The second-order valence-corrected chi connectivity index (χ2v) is 42.4. The van der Waals surface area contributed by atoms with Crippen molar-refractivity contribution in [1.29, 1.82) is 0 Å². The highest BCUT2D eigenvalue weighted by molar-refractivity contribution is 8.24. The van der Waals surface area contributed by atoms with Crippen molar-refractivity contribution in [3.05, 3.63) is 105 Å². The van der Waals surface area contributed by atoms with E-state index in [9.17, 15) is 57.5 Å². The number of benzene rings is 3. The van der Waals surface area contributed by atoms with Crippen LogP contribution in [-0.4, -0.2) is 332 Å². The van der Waals surface area contributed by atoms with Crippen LogP contribution >= 0.6 is 145 Å². The molecule has 0 bridgehead atoms. The Balaban J connectivity index is 0. The van der Waals surface area contributed by atoms with E-state index < -0.39 is 71.3 Å². The number of nitrogens with one attached hydrogen (secondary N) is 8. The molecule has 36 nitrogen and oxygen atoms in total. The number of carboxylic acids is 1. The maximum Gasteiger partial charge on any atom is 0.408 e. The Morgan fingerprint density at radius 2 is 0.723 bits per heavy atom. The van der Waals surface area contributed by atoms with Crippen molar-refractivity contribution in [2.75, 3.05) is 167 Å². The van der Waals surface area contributed by atoms with Gasteiger partial charge in [-0.2, -0.15) is 0 Å². The Labute approximate surface area is 893 Å². The van der Waals surface area contributed by atoms with Gasteiger partial charge in [-0.15, -0.1) is 24.8 Å². The summed E-state index contributed by atoms with van der Waals surface area (Å²) < 4.78 is 50.3. The first-order chi connectivity index (χ1) is 65.5. The monoisotopic (exact) mass is 2200 g/mol. The van der Waals surface area contributed by atoms with E-state index in [0.717, 1.165) is 94.4 Å². The second kappa shape index (κ2) is 74.8. The van der Waals surface area contributed by atoms with Crippen molar-refractivity contribution in [2.45, 2.75) is 211 Å². The van der Waals surface area contributed by atoms with Gasteiger partial charge in [-0.25, -0.2) is 14.4 Å². The number of nitrogens with zero attached hydrogens (tertiary/aromatic N) is 4. The molecule has 5 aliphatic rings. The topological polar surface area (TPSA) is 469 Å². The molecule has 3 aromatic carbocycles. The summed E-state index contributed by atoms with van der Waals surface area (Å²) in [5.41, 5.74) is 14.2. The van der Waals surface area contributed by atoms with Gasteiger partial charge in [0.15, 0.2) is 0 Å². The maximum atomic E-state index is 13.4. The third kappa shape index (κ3) is 57.6. The van der Waals surface area contributed by atoms with Crippen LogP contribution in [-0.2, 0) is 73.0 Å². The molecular weight excluding hydrogens is 2060 g/mol. The molecule has 8 rings (SSSR count). The standard InChI is InChI=1S/C29H37N3O5S2.C16H16N2O2S4.C15H30N2O5.C11H18N2O3S2.C10H22N2O3.C8H15NO4.C3H5NS2.CH5N.2ClH/c1-4-14-36-16-17-37-15-12-30-27(34)25(19-22-8-6-5-7-9-22)31-26(33)23-10-11-24(21(3)20(23)2)28(35)32-13-18-39-29(32)38;1-9-10(2)12(14(20)18-6-8-24-16(18)22)4-3-11(9)13(19)17-5-7-23-15(17)21;1-6-8-20-10-11-21-9-7-16-13(18)12(2)17-14(19)22-15(3,4)5;1-7(12-9(15)16-11(2,3)4)8(14)13-5-6-18-10(13)17;1-3-5-14-7-8-15-6-4-12-10(13)9(2)11;1-5(6(10)11)9-7(12)13-8(2,3)4;5-3-4-1-2-6-3;1-2;;/h5-11,25H,4,12-19H2,1-3H3,(H,30,34)(H,31,33);3-4H,5-8H2,1-2H3;12H,6-11H2,1-5H3,(H,16,18)(H,17,19);7H,5-6H2,1-4H3,(H,12,15);9H,3-8,11H2,1-2H3,(H,12,13);5H,1-4H3,(H,9,12)(H,10,11);1-2H2,(H,4,5);2H2,1H3;2*1H/t25-;;12-;7-;9-;5-;;;;/m0.1111..../s1. The van der Waals surface area contributed by atoms with Gasteiger partial charge in [-0.1, -0.05) is 171 Å². The number of carbonyl (C=O) groups excluding carboxylic acids is 11. The highest BCUT2D eigenvalue weighted by Gasteiger charge is 2.35. The quantitative estimate of drug-likeness (QED) is 0.0144. The lowest BCUT2D eigenvalue weighted by Crippen LogP contribution is -2.48. The lowest BCUT2D eigenvalue weighted by Gasteiger charge is -2.23. The smallest absolute Gasteiger partial charge is 0.408 e. The lowest BCUT2D eigenvalue weighted by atomic mass is 9.96. The second-order valence-electron chi connectivity index (χ2n) is 33.7. The molecule has 5 fully saturated rings. The average Bonchev–Trinajstić information content (AvgIpc) is 1.78. The first-order valence-electron chi connectivity index (χ1n) is 45.7. The number of hydrogen-bond acceptors (Lipinski definition) is 33. The fourth-order valence-electron chi connectivity index (χ4n) is 11.4. The molecule has 5 heterocycles. The van der Waals surface area contributed by atoms with E-state index >= 15 is 0 Å². The molecule has 0 aliphatic carbocycles.